The summed E-state index contributed by atoms with van der Waals surface area (Å²) in [7, 11) is 1.46. The molecule has 4 aromatic rings. The first-order valence-corrected chi connectivity index (χ1v) is 12.2. The largest absolute Gasteiger partial charge is 0.354 e. The zero-order chi connectivity index (χ0) is 25.7. The number of carbonyl (C=O) groups excluding carboxylic acids is 1. The zero-order valence-electron chi connectivity index (χ0n) is 19.3. The molecule has 9 nitrogen and oxygen atoms in total. The van der Waals surface area contributed by atoms with Gasteiger partial charge < -0.3 is 10.6 Å². The average molecular weight is 601 g/mol. The van der Waals surface area contributed by atoms with Gasteiger partial charge in [0.05, 0.1) is 11.4 Å². The number of nitrogens with zero attached hydrogens (tertiary/aromatic N) is 3. The number of aromatic nitrogens is 3. The molecule has 1 fully saturated rings. The summed E-state index contributed by atoms with van der Waals surface area (Å²) in [6, 6.07) is 10.9. The molecule has 5 rings (SSSR count). The lowest BCUT2D eigenvalue weighted by Gasteiger charge is -2.20. The Morgan fingerprint density at radius 2 is 1.78 bits per heavy atom. The Bertz CT molecular complexity index is 1740. The van der Waals surface area contributed by atoms with E-state index in [0.29, 0.717) is 34.2 Å². The van der Waals surface area contributed by atoms with E-state index in [2.05, 4.69) is 10.6 Å². The van der Waals surface area contributed by atoms with E-state index in [1.54, 1.807) is 37.3 Å². The molecule has 1 amide bonds. The topological polar surface area (TPSA) is 107 Å². The van der Waals surface area contributed by atoms with Crippen LogP contribution in [-0.4, -0.2) is 20.1 Å². The number of benzene rings is 2. The number of aryl methyl sites for hydroxylation is 1. The highest BCUT2D eigenvalue weighted by atomic mass is 127. The minimum atomic E-state index is -0.697. The number of fused-ring (bicyclic) bond motifs is 1. The molecule has 2 heterocycles. The van der Waals surface area contributed by atoms with Crippen LogP contribution < -0.4 is 27.4 Å². The molecule has 0 atom stereocenters. The summed E-state index contributed by atoms with van der Waals surface area (Å²) >= 11 is 1.97. The van der Waals surface area contributed by atoms with Crippen LogP contribution in [0.1, 0.15) is 24.4 Å². The summed E-state index contributed by atoms with van der Waals surface area (Å²) in [4.78, 5) is 51.6. The maximum absolute atomic E-state index is 15.2. The van der Waals surface area contributed by atoms with Gasteiger partial charge in [-0.2, -0.15) is 0 Å². The molecule has 0 radical (unpaired) electrons. The van der Waals surface area contributed by atoms with Crippen LogP contribution in [0.5, 0.6) is 0 Å². The third-order valence-electron chi connectivity index (χ3n) is 6.25. The number of halogens is 2. The van der Waals surface area contributed by atoms with Crippen molar-refractivity contribution in [3.8, 4) is 5.69 Å². The molecule has 1 aliphatic rings. The number of hydrogen-bond acceptors (Lipinski definition) is 5. The van der Waals surface area contributed by atoms with Crippen LogP contribution >= 0.6 is 22.6 Å². The lowest BCUT2D eigenvalue weighted by Crippen LogP contribution is -2.42. The van der Waals surface area contributed by atoms with Crippen molar-refractivity contribution < 1.29 is 9.18 Å². The van der Waals surface area contributed by atoms with E-state index in [4.69, 9.17) is 0 Å². The second-order valence-electron chi connectivity index (χ2n) is 8.65. The van der Waals surface area contributed by atoms with Gasteiger partial charge in [-0.3, -0.25) is 23.5 Å². The van der Waals surface area contributed by atoms with Crippen LogP contribution in [0.2, 0.25) is 0 Å². The Balaban J connectivity index is 1.91. The number of carbonyl (C=O) groups is 1. The first-order valence-electron chi connectivity index (χ1n) is 11.2. The van der Waals surface area contributed by atoms with Crippen molar-refractivity contribution in [1.29, 1.82) is 0 Å². The van der Waals surface area contributed by atoms with Crippen LogP contribution in [0, 0.1) is 16.3 Å². The Labute approximate surface area is 217 Å². The lowest BCUT2D eigenvalue weighted by atomic mass is 10.1. The van der Waals surface area contributed by atoms with Crippen molar-refractivity contribution in [2.45, 2.75) is 25.8 Å². The number of hydrogen-bond donors (Lipinski definition) is 2. The van der Waals surface area contributed by atoms with Crippen LogP contribution in [0.4, 0.5) is 21.5 Å². The molecule has 1 saturated carbocycles. The highest BCUT2D eigenvalue weighted by Gasteiger charge is 2.32. The van der Waals surface area contributed by atoms with Crippen molar-refractivity contribution in [2.24, 2.45) is 7.05 Å². The molecule has 2 aromatic heterocycles. The van der Waals surface area contributed by atoms with Crippen molar-refractivity contribution >= 4 is 57.1 Å². The fourth-order valence-electron chi connectivity index (χ4n) is 4.38. The van der Waals surface area contributed by atoms with Crippen molar-refractivity contribution in [1.82, 2.24) is 13.7 Å². The number of amides is 1. The molecule has 2 N–H and O–H groups in total. The van der Waals surface area contributed by atoms with Gasteiger partial charge in [-0.15, -0.1) is 0 Å². The van der Waals surface area contributed by atoms with Crippen LogP contribution in [-0.2, 0) is 11.8 Å². The molecule has 184 valence electrons. The maximum atomic E-state index is 15.2. The van der Waals surface area contributed by atoms with E-state index in [1.807, 2.05) is 22.6 Å². The fourth-order valence-corrected chi connectivity index (χ4v) is 4.83. The second-order valence-corrected chi connectivity index (χ2v) is 9.90. The molecule has 0 spiro atoms. The molecule has 0 saturated heterocycles. The van der Waals surface area contributed by atoms with Gasteiger partial charge in [0.1, 0.15) is 16.9 Å². The van der Waals surface area contributed by atoms with Gasteiger partial charge in [-0.1, -0.05) is 6.07 Å². The van der Waals surface area contributed by atoms with Gasteiger partial charge in [0.15, 0.2) is 0 Å². The molecule has 2 aromatic carbocycles. The average Bonchev–Trinajstić information content (AvgIpc) is 3.67. The second kappa shape index (κ2) is 9.04. The number of anilines is 3. The smallest absolute Gasteiger partial charge is 0.337 e. The summed E-state index contributed by atoms with van der Waals surface area (Å²) < 4.78 is 19.3. The van der Waals surface area contributed by atoms with E-state index >= 15 is 4.39 Å². The standard InChI is InChI=1S/C25H21FIN5O4/c1-13-21(29-16-5-3-4-15(11-16)28-12-33)20-22(30(2)23(13)34)32(19-9-6-14(27)10-18(19)26)25(36)31(24(20)35)17-7-8-17/h3-6,9-12,17,29H,7-8H2,1-2H3,(H,28,33). The summed E-state index contributed by atoms with van der Waals surface area (Å²) in [6.45, 7) is 1.58. The van der Waals surface area contributed by atoms with Crippen molar-refractivity contribution in [2.75, 3.05) is 10.6 Å². The van der Waals surface area contributed by atoms with Crippen molar-refractivity contribution in [3.63, 3.8) is 0 Å². The van der Waals surface area contributed by atoms with Crippen LogP contribution in [0.15, 0.2) is 56.8 Å². The molecule has 0 aliphatic heterocycles. The Kier molecular flexibility index (Phi) is 6.02. The Morgan fingerprint density at radius 3 is 2.44 bits per heavy atom. The summed E-state index contributed by atoms with van der Waals surface area (Å²) in [6.07, 6.45) is 1.85. The third kappa shape index (κ3) is 3.92. The van der Waals surface area contributed by atoms with Crippen LogP contribution in [0.3, 0.4) is 0 Å². The van der Waals surface area contributed by atoms with E-state index in [9.17, 15) is 19.2 Å². The molecule has 0 bridgehead atoms. The van der Waals surface area contributed by atoms with E-state index in [0.717, 1.165) is 9.13 Å². The molecular weight excluding hydrogens is 580 g/mol. The number of nitrogens with one attached hydrogen (secondary N) is 2. The van der Waals surface area contributed by atoms with Crippen LogP contribution in [0.25, 0.3) is 16.7 Å². The highest BCUT2D eigenvalue weighted by molar-refractivity contribution is 14.1. The number of pyridine rings is 1. The van der Waals surface area contributed by atoms with Gasteiger partial charge in [-0.25, -0.2) is 13.8 Å². The first kappa shape index (κ1) is 24.0. The fraction of sp³-hybridized carbons (Fsp3) is 0.200. The van der Waals surface area contributed by atoms with Gasteiger partial charge in [0, 0.05) is 33.6 Å². The lowest BCUT2D eigenvalue weighted by molar-refractivity contribution is -0.105. The zero-order valence-corrected chi connectivity index (χ0v) is 21.5. The van der Waals surface area contributed by atoms with E-state index < -0.39 is 22.6 Å². The Morgan fingerprint density at radius 1 is 1.06 bits per heavy atom. The molecular formula is C25H21FIN5O4. The minimum absolute atomic E-state index is 0.0118. The predicted molar refractivity (Wildman–Crippen MR) is 144 cm³/mol. The highest BCUT2D eigenvalue weighted by Crippen LogP contribution is 2.34. The monoisotopic (exact) mass is 601 g/mol. The molecule has 11 heteroatoms. The van der Waals surface area contributed by atoms with Gasteiger partial charge >= 0.3 is 5.69 Å². The summed E-state index contributed by atoms with van der Waals surface area (Å²) in [5, 5.41) is 5.79. The van der Waals surface area contributed by atoms with Gasteiger partial charge in [-0.05, 0) is 78.8 Å². The van der Waals surface area contributed by atoms with Gasteiger partial charge in [0.25, 0.3) is 11.1 Å². The van der Waals surface area contributed by atoms with Gasteiger partial charge in [0.2, 0.25) is 6.41 Å². The summed E-state index contributed by atoms with van der Waals surface area (Å²) in [5.41, 5.74) is -0.273. The SMILES string of the molecule is Cc1c(Nc2cccc(NC=O)c2)c2c(=O)n(C3CC3)c(=O)n(-c3ccc(I)cc3F)c2n(C)c1=O. The van der Waals surface area contributed by atoms with E-state index in [1.165, 1.54) is 23.7 Å². The van der Waals surface area contributed by atoms with Crippen molar-refractivity contribution in [3.05, 3.63) is 88.6 Å². The third-order valence-corrected chi connectivity index (χ3v) is 6.92. The molecule has 36 heavy (non-hydrogen) atoms. The minimum Gasteiger partial charge on any atom is -0.354 e. The Hall–Kier alpha value is -3.74. The normalized spacial score (nSPS) is 13.1. The summed E-state index contributed by atoms with van der Waals surface area (Å²) in [5.74, 6) is -0.651. The predicted octanol–water partition coefficient (Wildman–Crippen LogP) is 3.55. The quantitative estimate of drug-likeness (QED) is 0.260. The van der Waals surface area contributed by atoms with E-state index in [-0.39, 0.29) is 34.0 Å². The first-order chi connectivity index (χ1) is 17.2. The number of rotatable bonds is 6. The molecule has 0 unspecified atom stereocenters. The molecule has 1 aliphatic carbocycles. The maximum Gasteiger partial charge on any atom is 0.337 e.